The van der Waals surface area contributed by atoms with Crippen LogP contribution in [0.5, 0.6) is 0 Å². The molecule has 0 rings (SSSR count). The van der Waals surface area contributed by atoms with Crippen LogP contribution < -0.4 is 0 Å². The van der Waals surface area contributed by atoms with E-state index in [9.17, 15) is 4.79 Å². The topological polar surface area (TPSA) is 35.5 Å². The van der Waals surface area contributed by atoms with Crippen LogP contribution >= 0.6 is 0 Å². The molecule has 0 aromatic carbocycles. The molecule has 0 saturated heterocycles. The minimum absolute atomic E-state index is 0.00384. The Morgan fingerprint density at radius 3 is 2.57 bits per heavy atom. The molecule has 0 bridgehead atoms. The van der Waals surface area contributed by atoms with E-state index >= 15 is 0 Å². The van der Waals surface area contributed by atoms with Crippen LogP contribution in [0.15, 0.2) is 12.2 Å². The van der Waals surface area contributed by atoms with Gasteiger partial charge >= 0.3 is 5.97 Å². The van der Waals surface area contributed by atoms with Crippen LogP contribution in [0.1, 0.15) is 33.6 Å². The first kappa shape index (κ1) is 13.4. The van der Waals surface area contributed by atoms with Crippen molar-refractivity contribution in [2.24, 2.45) is 0 Å². The summed E-state index contributed by atoms with van der Waals surface area (Å²) in [6, 6.07) is 0. The zero-order valence-electron chi connectivity index (χ0n) is 9.34. The van der Waals surface area contributed by atoms with Gasteiger partial charge in [0.15, 0.2) is 0 Å². The summed E-state index contributed by atoms with van der Waals surface area (Å²) in [5, 5.41) is 0. The number of esters is 1. The molecular formula is C10H20O3Si. The molecular weight excluding hydrogens is 196 g/mol. The molecule has 0 amide bonds. The van der Waals surface area contributed by atoms with Crippen molar-refractivity contribution in [3.63, 3.8) is 0 Å². The zero-order chi connectivity index (χ0) is 11.0. The quantitative estimate of drug-likeness (QED) is 0.366. The van der Waals surface area contributed by atoms with Crippen molar-refractivity contribution < 1.29 is 14.0 Å². The Morgan fingerprint density at radius 1 is 1.50 bits per heavy atom. The predicted octanol–water partition coefficient (Wildman–Crippen LogP) is 1.35. The first-order valence-corrected chi connectivity index (χ1v) is 6.45. The summed E-state index contributed by atoms with van der Waals surface area (Å²) >= 11 is 0. The molecule has 1 atom stereocenters. The second-order valence-corrected chi connectivity index (χ2v) is 4.91. The van der Waals surface area contributed by atoms with Gasteiger partial charge in [0.05, 0.1) is 0 Å². The first-order chi connectivity index (χ1) is 6.61. The third kappa shape index (κ3) is 5.94. The van der Waals surface area contributed by atoms with Gasteiger partial charge in [-0.3, -0.25) is 0 Å². The molecule has 0 radical (unpaired) electrons. The fourth-order valence-corrected chi connectivity index (χ4v) is 2.29. The monoisotopic (exact) mass is 216 g/mol. The summed E-state index contributed by atoms with van der Waals surface area (Å²) in [4.78, 5) is 11.2. The van der Waals surface area contributed by atoms with Crippen LogP contribution in [0.3, 0.4) is 0 Å². The summed E-state index contributed by atoms with van der Waals surface area (Å²) in [7, 11) is -0.745. The van der Waals surface area contributed by atoms with Crippen molar-refractivity contribution in [1.82, 2.24) is 0 Å². The van der Waals surface area contributed by atoms with Gasteiger partial charge in [0.25, 0.3) is 0 Å². The summed E-state index contributed by atoms with van der Waals surface area (Å²) in [5.41, 5.74) is 0.459. The molecule has 3 nitrogen and oxygen atoms in total. The van der Waals surface area contributed by atoms with Crippen LogP contribution in [0, 0.1) is 0 Å². The molecule has 0 fully saturated rings. The van der Waals surface area contributed by atoms with Crippen molar-refractivity contribution in [1.29, 1.82) is 0 Å². The summed E-state index contributed by atoms with van der Waals surface area (Å²) in [6.45, 7) is 9.94. The smallest absolute Gasteiger partial charge is 0.333 e. The molecule has 82 valence electrons. The number of carbonyl (C=O) groups is 1. The van der Waals surface area contributed by atoms with Gasteiger partial charge < -0.3 is 9.16 Å². The van der Waals surface area contributed by atoms with E-state index in [2.05, 4.69) is 13.5 Å². The number of ether oxygens (including phenoxy) is 1. The van der Waals surface area contributed by atoms with E-state index in [4.69, 9.17) is 9.16 Å². The fraction of sp³-hybridized carbons (Fsp3) is 0.700. The lowest BCUT2D eigenvalue weighted by molar-refractivity contribution is -0.141. The maximum atomic E-state index is 11.2. The second-order valence-electron chi connectivity index (χ2n) is 3.26. The van der Waals surface area contributed by atoms with E-state index in [0.717, 1.165) is 12.8 Å². The Hall–Kier alpha value is -0.613. The molecule has 0 aromatic heterocycles. The van der Waals surface area contributed by atoms with Gasteiger partial charge in [0.1, 0.15) is 5.73 Å². The van der Waals surface area contributed by atoms with Crippen molar-refractivity contribution in [3.05, 3.63) is 12.2 Å². The predicted molar refractivity (Wildman–Crippen MR) is 59.8 cm³/mol. The van der Waals surface area contributed by atoms with E-state index in [1.807, 2.05) is 6.92 Å². The van der Waals surface area contributed by atoms with Gasteiger partial charge in [0.2, 0.25) is 9.76 Å². The Kier molecular flexibility index (Phi) is 7.42. The number of hydrogen-bond acceptors (Lipinski definition) is 3. The fourth-order valence-electron chi connectivity index (χ4n) is 1.000. The third-order valence-corrected chi connectivity index (χ3v) is 3.33. The Labute approximate surface area is 88.4 Å². The summed E-state index contributed by atoms with van der Waals surface area (Å²) in [6.07, 6.45) is 1.90. The van der Waals surface area contributed by atoms with Crippen LogP contribution in [-0.2, 0) is 14.0 Å². The highest BCUT2D eigenvalue weighted by molar-refractivity contribution is 6.29. The minimum atomic E-state index is -0.745. The van der Waals surface area contributed by atoms with Crippen LogP contribution in [0.25, 0.3) is 0 Å². The van der Waals surface area contributed by atoms with Gasteiger partial charge in [0, 0.05) is 12.2 Å². The van der Waals surface area contributed by atoms with Gasteiger partial charge in [-0.05, 0) is 20.3 Å². The van der Waals surface area contributed by atoms with Crippen molar-refractivity contribution in [3.8, 4) is 0 Å². The molecule has 0 spiro atoms. The maximum Gasteiger partial charge on any atom is 0.333 e. The van der Waals surface area contributed by atoms with E-state index in [1.54, 1.807) is 6.92 Å². The minimum Gasteiger partial charge on any atom is -0.461 e. The second kappa shape index (κ2) is 7.76. The molecule has 0 aliphatic heterocycles. The average Bonchev–Trinajstić information content (AvgIpc) is 2.14. The SMILES string of the molecule is C=C(C)C(=O)OC(CCC)[SiH2]OCC. The first-order valence-electron chi connectivity index (χ1n) is 5.06. The lowest BCUT2D eigenvalue weighted by atomic mass is 10.3. The molecule has 1 unspecified atom stereocenters. The molecule has 0 aliphatic carbocycles. The third-order valence-electron chi connectivity index (χ3n) is 1.74. The average molecular weight is 216 g/mol. The molecule has 14 heavy (non-hydrogen) atoms. The Morgan fingerprint density at radius 2 is 2.14 bits per heavy atom. The van der Waals surface area contributed by atoms with Gasteiger partial charge in [-0.2, -0.15) is 0 Å². The molecule has 0 aliphatic rings. The highest BCUT2D eigenvalue weighted by atomic mass is 28.2. The highest BCUT2D eigenvalue weighted by Gasteiger charge is 2.14. The van der Waals surface area contributed by atoms with Crippen LogP contribution in [0.2, 0.25) is 0 Å². The van der Waals surface area contributed by atoms with E-state index < -0.39 is 9.76 Å². The van der Waals surface area contributed by atoms with E-state index in [0.29, 0.717) is 12.2 Å². The molecule has 0 aromatic rings. The van der Waals surface area contributed by atoms with Crippen LogP contribution in [0.4, 0.5) is 0 Å². The Bertz CT molecular complexity index is 192. The van der Waals surface area contributed by atoms with Crippen molar-refractivity contribution >= 4 is 15.7 Å². The van der Waals surface area contributed by atoms with Gasteiger partial charge in [-0.1, -0.05) is 19.9 Å². The lowest BCUT2D eigenvalue weighted by Gasteiger charge is -2.16. The van der Waals surface area contributed by atoms with Crippen molar-refractivity contribution in [2.75, 3.05) is 6.61 Å². The van der Waals surface area contributed by atoms with Gasteiger partial charge in [-0.15, -0.1) is 0 Å². The molecule has 4 heteroatoms. The van der Waals surface area contributed by atoms with Crippen LogP contribution in [-0.4, -0.2) is 28.1 Å². The number of carbonyl (C=O) groups excluding carboxylic acids is 1. The Balaban J connectivity index is 3.94. The zero-order valence-corrected chi connectivity index (χ0v) is 10.8. The normalized spacial score (nSPS) is 13.1. The number of hydrogen-bond donors (Lipinski definition) is 0. The van der Waals surface area contributed by atoms with Gasteiger partial charge in [-0.25, -0.2) is 4.79 Å². The number of rotatable bonds is 7. The van der Waals surface area contributed by atoms with Crippen molar-refractivity contribution in [2.45, 2.75) is 39.3 Å². The summed E-state index contributed by atoms with van der Waals surface area (Å²) < 4.78 is 10.6. The molecule has 0 N–H and O–H groups in total. The molecule has 0 heterocycles. The van der Waals surface area contributed by atoms with E-state index in [-0.39, 0.29) is 11.7 Å². The molecule has 0 saturated carbocycles. The largest absolute Gasteiger partial charge is 0.461 e. The lowest BCUT2D eigenvalue weighted by Crippen LogP contribution is -2.26. The summed E-state index contributed by atoms with van der Waals surface area (Å²) in [5.74, 6) is -0.296. The highest BCUT2D eigenvalue weighted by Crippen LogP contribution is 2.04. The maximum absolute atomic E-state index is 11.2. The van der Waals surface area contributed by atoms with E-state index in [1.165, 1.54) is 0 Å². The standard InChI is InChI=1S/C10H20O3Si/c1-5-7-9(14-12-6-2)13-10(11)8(3)4/h9H,3,5-7,14H2,1-2,4H3.